The lowest BCUT2D eigenvalue weighted by Gasteiger charge is -2.21. The highest BCUT2D eigenvalue weighted by atomic mass is 16.1. The van der Waals surface area contributed by atoms with E-state index in [0.29, 0.717) is 0 Å². The molecule has 2 rings (SSSR count). The maximum atomic E-state index is 11.8. The van der Waals surface area contributed by atoms with Gasteiger partial charge in [-0.3, -0.25) is 4.79 Å². The van der Waals surface area contributed by atoms with Gasteiger partial charge in [-0.1, -0.05) is 32.9 Å². The van der Waals surface area contributed by atoms with Crippen molar-refractivity contribution < 1.29 is 0 Å². The maximum absolute atomic E-state index is 11.8. The lowest BCUT2D eigenvalue weighted by atomic mass is 9.84. The van der Waals surface area contributed by atoms with Crippen LogP contribution in [-0.2, 0) is 5.41 Å². The first-order valence-electron chi connectivity index (χ1n) is 5.53. The molecule has 0 saturated heterocycles. The summed E-state index contributed by atoms with van der Waals surface area (Å²) in [5.74, 6) is 0. The van der Waals surface area contributed by atoms with Crippen molar-refractivity contribution in [2.45, 2.75) is 33.1 Å². The molecule has 1 aromatic heterocycles. The zero-order valence-electron chi connectivity index (χ0n) is 10.2. The summed E-state index contributed by atoms with van der Waals surface area (Å²) in [5.41, 5.74) is 2.19. The monoisotopic (exact) mass is 215 g/mol. The van der Waals surface area contributed by atoms with Crippen molar-refractivity contribution >= 4 is 10.8 Å². The Balaban J connectivity index is 2.93. The van der Waals surface area contributed by atoms with Crippen LogP contribution in [0.2, 0.25) is 0 Å². The number of fused-ring (bicyclic) bond motifs is 1. The van der Waals surface area contributed by atoms with Gasteiger partial charge in [-0.25, -0.2) is 0 Å². The largest absolute Gasteiger partial charge is 0.326 e. The summed E-state index contributed by atoms with van der Waals surface area (Å²) < 4.78 is 0. The number of pyridine rings is 1. The van der Waals surface area contributed by atoms with E-state index in [0.717, 1.165) is 16.5 Å². The minimum Gasteiger partial charge on any atom is -0.326 e. The highest BCUT2D eigenvalue weighted by molar-refractivity contribution is 5.86. The number of aromatic nitrogens is 1. The van der Waals surface area contributed by atoms with Crippen molar-refractivity contribution in [3.05, 3.63) is 45.9 Å². The summed E-state index contributed by atoms with van der Waals surface area (Å²) in [4.78, 5) is 14.7. The Morgan fingerprint density at radius 2 is 1.81 bits per heavy atom. The molecule has 0 aliphatic heterocycles. The number of H-pyrrole nitrogens is 1. The van der Waals surface area contributed by atoms with E-state index in [1.165, 1.54) is 5.56 Å². The van der Waals surface area contributed by atoms with Crippen molar-refractivity contribution in [2.24, 2.45) is 0 Å². The molecule has 0 amide bonds. The van der Waals surface area contributed by atoms with Gasteiger partial charge in [-0.15, -0.1) is 0 Å². The lowest BCUT2D eigenvalue weighted by Crippen LogP contribution is -2.15. The van der Waals surface area contributed by atoms with Gasteiger partial charge in [0.2, 0.25) is 0 Å². The number of benzene rings is 1. The molecule has 1 N–H and O–H groups in total. The van der Waals surface area contributed by atoms with Crippen LogP contribution in [0.25, 0.3) is 10.8 Å². The van der Waals surface area contributed by atoms with E-state index >= 15 is 0 Å². The minimum atomic E-state index is 0.00102. The average molecular weight is 215 g/mol. The average Bonchev–Trinajstić information content (AvgIpc) is 2.15. The Labute approximate surface area is 95.3 Å². The van der Waals surface area contributed by atoms with Crippen LogP contribution >= 0.6 is 0 Å². The number of nitrogens with one attached hydrogen (secondary N) is 1. The molecule has 0 bridgehead atoms. The standard InChI is InChI=1S/C14H17NO/c1-9-8-11-10(13(16)15-9)6-5-7-12(11)14(2,3)4/h5-8H,1-4H3,(H,15,16). The lowest BCUT2D eigenvalue weighted by molar-refractivity contribution is 0.596. The summed E-state index contributed by atoms with van der Waals surface area (Å²) in [6, 6.07) is 7.98. The Kier molecular flexibility index (Phi) is 2.38. The Bertz CT molecular complexity index is 588. The summed E-state index contributed by atoms with van der Waals surface area (Å²) in [6.07, 6.45) is 0. The van der Waals surface area contributed by atoms with E-state index in [1.54, 1.807) is 0 Å². The second kappa shape index (κ2) is 3.48. The van der Waals surface area contributed by atoms with Crippen LogP contribution in [-0.4, -0.2) is 4.98 Å². The van der Waals surface area contributed by atoms with E-state index in [2.05, 4.69) is 37.9 Å². The van der Waals surface area contributed by atoms with E-state index < -0.39 is 0 Å². The van der Waals surface area contributed by atoms with E-state index in [4.69, 9.17) is 0 Å². The van der Waals surface area contributed by atoms with E-state index in [9.17, 15) is 4.79 Å². The molecule has 16 heavy (non-hydrogen) atoms. The second-order valence-electron chi connectivity index (χ2n) is 5.30. The summed E-state index contributed by atoms with van der Waals surface area (Å²) in [6.45, 7) is 8.41. The highest BCUT2D eigenvalue weighted by Gasteiger charge is 2.17. The Morgan fingerprint density at radius 3 is 2.44 bits per heavy atom. The first-order valence-corrected chi connectivity index (χ1v) is 5.53. The van der Waals surface area contributed by atoms with Crippen LogP contribution in [0.4, 0.5) is 0 Å². The quantitative estimate of drug-likeness (QED) is 0.719. The zero-order valence-corrected chi connectivity index (χ0v) is 10.2. The maximum Gasteiger partial charge on any atom is 0.256 e. The fraction of sp³-hybridized carbons (Fsp3) is 0.357. The van der Waals surface area contributed by atoms with Crippen LogP contribution in [0.3, 0.4) is 0 Å². The Hall–Kier alpha value is -1.57. The van der Waals surface area contributed by atoms with Gasteiger partial charge in [0.1, 0.15) is 0 Å². The van der Waals surface area contributed by atoms with E-state index in [-0.39, 0.29) is 11.0 Å². The molecule has 1 aromatic carbocycles. The SMILES string of the molecule is Cc1cc2c(C(C)(C)C)cccc2c(=O)[nH]1. The number of aryl methyl sites for hydroxylation is 1. The molecule has 0 unspecified atom stereocenters. The molecule has 1 heterocycles. The van der Waals surface area contributed by atoms with Crippen LogP contribution in [0.1, 0.15) is 32.0 Å². The third-order valence-electron chi connectivity index (χ3n) is 2.83. The molecule has 0 radical (unpaired) electrons. The molecule has 0 saturated carbocycles. The molecule has 2 aromatic rings. The molecule has 0 spiro atoms. The normalized spacial score (nSPS) is 12.0. The van der Waals surface area contributed by atoms with Gasteiger partial charge in [0, 0.05) is 11.1 Å². The topological polar surface area (TPSA) is 32.9 Å². The van der Waals surface area contributed by atoms with Crippen molar-refractivity contribution in [3.8, 4) is 0 Å². The minimum absolute atomic E-state index is 0.00102. The first-order chi connectivity index (χ1) is 7.39. The van der Waals surface area contributed by atoms with Gasteiger partial charge in [0.05, 0.1) is 0 Å². The molecule has 2 heteroatoms. The van der Waals surface area contributed by atoms with Crippen LogP contribution in [0.15, 0.2) is 29.1 Å². The number of aromatic amines is 1. The van der Waals surface area contributed by atoms with E-state index in [1.807, 2.05) is 19.1 Å². The summed E-state index contributed by atoms with van der Waals surface area (Å²) >= 11 is 0. The fourth-order valence-electron chi connectivity index (χ4n) is 2.07. The number of hydrogen-bond acceptors (Lipinski definition) is 1. The molecule has 0 atom stereocenters. The van der Waals surface area contributed by atoms with Crippen molar-refractivity contribution in [1.29, 1.82) is 0 Å². The predicted molar refractivity (Wildman–Crippen MR) is 68.0 cm³/mol. The summed E-state index contributed by atoms with van der Waals surface area (Å²) in [7, 11) is 0. The highest BCUT2D eigenvalue weighted by Crippen LogP contribution is 2.28. The third kappa shape index (κ3) is 1.75. The third-order valence-corrected chi connectivity index (χ3v) is 2.83. The molecule has 0 aliphatic carbocycles. The van der Waals surface area contributed by atoms with Crippen LogP contribution < -0.4 is 5.56 Å². The zero-order chi connectivity index (χ0) is 11.9. The van der Waals surface area contributed by atoms with Crippen molar-refractivity contribution in [1.82, 2.24) is 4.98 Å². The van der Waals surface area contributed by atoms with Gasteiger partial charge in [-0.2, -0.15) is 0 Å². The van der Waals surface area contributed by atoms with Crippen molar-refractivity contribution in [3.63, 3.8) is 0 Å². The van der Waals surface area contributed by atoms with Gasteiger partial charge in [0.25, 0.3) is 5.56 Å². The fourth-order valence-corrected chi connectivity index (χ4v) is 2.07. The van der Waals surface area contributed by atoms with Gasteiger partial charge in [0.15, 0.2) is 0 Å². The molecule has 0 aliphatic rings. The molecular weight excluding hydrogens is 198 g/mol. The van der Waals surface area contributed by atoms with Gasteiger partial charge >= 0.3 is 0 Å². The first kappa shape index (κ1) is 10.9. The predicted octanol–water partition coefficient (Wildman–Crippen LogP) is 3.13. The summed E-state index contributed by atoms with van der Waals surface area (Å²) in [5, 5.41) is 1.84. The van der Waals surface area contributed by atoms with Crippen LogP contribution in [0.5, 0.6) is 0 Å². The molecule has 2 nitrogen and oxygen atoms in total. The number of rotatable bonds is 0. The van der Waals surface area contributed by atoms with Crippen molar-refractivity contribution in [2.75, 3.05) is 0 Å². The van der Waals surface area contributed by atoms with Gasteiger partial charge in [-0.05, 0) is 35.4 Å². The second-order valence-corrected chi connectivity index (χ2v) is 5.30. The number of hydrogen-bond donors (Lipinski definition) is 1. The van der Waals surface area contributed by atoms with Crippen LogP contribution in [0, 0.1) is 6.92 Å². The molecule has 84 valence electrons. The molecular formula is C14H17NO. The molecule has 0 fully saturated rings. The smallest absolute Gasteiger partial charge is 0.256 e. The Morgan fingerprint density at radius 1 is 1.12 bits per heavy atom. The van der Waals surface area contributed by atoms with Gasteiger partial charge < -0.3 is 4.98 Å².